The third-order valence-electron chi connectivity index (χ3n) is 5.68. The van der Waals surface area contributed by atoms with Gasteiger partial charge in [-0.25, -0.2) is 4.98 Å². The number of carbonyl (C=O) groups is 1. The fraction of sp³-hybridized carbons (Fsp3) is 0.375. The number of hydrogen-bond acceptors (Lipinski definition) is 6. The summed E-state index contributed by atoms with van der Waals surface area (Å²) in [4.78, 5) is 24.0. The number of aryl methyl sites for hydroxylation is 1. The monoisotopic (exact) mass is 434 g/mol. The Balaban J connectivity index is 1.39. The molecule has 0 spiro atoms. The van der Waals surface area contributed by atoms with Crippen LogP contribution in [0.15, 0.2) is 48.7 Å². The van der Waals surface area contributed by atoms with Crippen LogP contribution in [0.3, 0.4) is 0 Å². The van der Waals surface area contributed by atoms with Crippen LogP contribution < -0.4 is 9.64 Å². The van der Waals surface area contributed by atoms with Gasteiger partial charge in [-0.2, -0.15) is 5.10 Å². The zero-order chi connectivity index (χ0) is 22.7. The normalized spacial score (nSPS) is 14.2. The zero-order valence-electron chi connectivity index (χ0n) is 19.2. The first-order valence-corrected chi connectivity index (χ1v) is 10.8. The van der Waals surface area contributed by atoms with E-state index in [1.54, 1.807) is 11.8 Å². The lowest BCUT2D eigenvalue weighted by atomic mass is 10.1. The summed E-state index contributed by atoms with van der Waals surface area (Å²) in [6.07, 6.45) is 1.93. The largest absolute Gasteiger partial charge is 0.497 e. The number of pyridine rings is 1. The summed E-state index contributed by atoms with van der Waals surface area (Å²) >= 11 is 0. The molecule has 4 rings (SSSR count). The molecule has 1 saturated heterocycles. The lowest BCUT2D eigenvalue weighted by molar-refractivity contribution is 0.0735. The van der Waals surface area contributed by atoms with Gasteiger partial charge in [-0.05, 0) is 56.1 Å². The molecular formula is C24H30N6O2. The van der Waals surface area contributed by atoms with Gasteiger partial charge in [-0.15, -0.1) is 0 Å². The Morgan fingerprint density at radius 2 is 1.78 bits per heavy atom. The summed E-state index contributed by atoms with van der Waals surface area (Å²) in [5, 5.41) is 4.55. The fourth-order valence-electron chi connectivity index (χ4n) is 3.93. The highest BCUT2D eigenvalue weighted by atomic mass is 16.5. The zero-order valence-corrected chi connectivity index (χ0v) is 19.2. The molecule has 1 fully saturated rings. The van der Waals surface area contributed by atoms with Gasteiger partial charge in [0.05, 0.1) is 12.8 Å². The van der Waals surface area contributed by atoms with E-state index in [0.717, 1.165) is 42.5 Å². The molecule has 3 heterocycles. The first-order chi connectivity index (χ1) is 15.4. The number of aromatic nitrogens is 3. The summed E-state index contributed by atoms with van der Waals surface area (Å²) in [7, 11) is 7.55. The quantitative estimate of drug-likeness (QED) is 0.594. The van der Waals surface area contributed by atoms with E-state index in [2.05, 4.69) is 32.0 Å². The van der Waals surface area contributed by atoms with Crippen molar-refractivity contribution in [3.63, 3.8) is 0 Å². The van der Waals surface area contributed by atoms with Crippen LogP contribution in [-0.4, -0.2) is 77.9 Å². The average molecular weight is 435 g/mol. The molecule has 1 amide bonds. The molecule has 0 N–H and O–H groups in total. The van der Waals surface area contributed by atoms with Crippen LogP contribution in [0.5, 0.6) is 5.75 Å². The Kier molecular flexibility index (Phi) is 6.41. The molecule has 0 unspecified atom stereocenters. The minimum Gasteiger partial charge on any atom is -0.497 e. The van der Waals surface area contributed by atoms with Crippen molar-refractivity contribution in [1.82, 2.24) is 24.6 Å². The van der Waals surface area contributed by atoms with Crippen molar-refractivity contribution in [1.29, 1.82) is 0 Å². The Morgan fingerprint density at radius 3 is 2.38 bits per heavy atom. The second-order valence-corrected chi connectivity index (χ2v) is 8.31. The van der Waals surface area contributed by atoms with Crippen LogP contribution in [0.4, 0.5) is 5.82 Å². The number of piperazine rings is 1. The van der Waals surface area contributed by atoms with Crippen molar-refractivity contribution >= 4 is 11.7 Å². The van der Waals surface area contributed by atoms with Crippen molar-refractivity contribution < 1.29 is 9.53 Å². The van der Waals surface area contributed by atoms with E-state index in [0.29, 0.717) is 18.8 Å². The van der Waals surface area contributed by atoms with Gasteiger partial charge >= 0.3 is 0 Å². The van der Waals surface area contributed by atoms with Crippen molar-refractivity contribution in [3.8, 4) is 17.0 Å². The van der Waals surface area contributed by atoms with Crippen LogP contribution in [0.25, 0.3) is 11.3 Å². The van der Waals surface area contributed by atoms with E-state index >= 15 is 0 Å². The van der Waals surface area contributed by atoms with Gasteiger partial charge in [0.1, 0.15) is 17.3 Å². The molecular weight excluding hydrogens is 404 g/mol. The third-order valence-corrected chi connectivity index (χ3v) is 5.68. The number of hydrogen-bond donors (Lipinski definition) is 0. The van der Waals surface area contributed by atoms with Crippen molar-refractivity contribution in [2.75, 3.05) is 52.3 Å². The number of carbonyl (C=O) groups excluding carboxylic acids is 1. The summed E-state index contributed by atoms with van der Waals surface area (Å²) in [6.45, 7) is 3.70. The molecule has 0 saturated carbocycles. The first-order valence-electron chi connectivity index (χ1n) is 10.8. The minimum absolute atomic E-state index is 0.00806. The van der Waals surface area contributed by atoms with Crippen molar-refractivity contribution in [2.24, 2.45) is 7.05 Å². The predicted octanol–water partition coefficient (Wildman–Crippen LogP) is 2.51. The van der Waals surface area contributed by atoms with Crippen LogP contribution in [0, 0.1) is 0 Å². The third kappa shape index (κ3) is 4.75. The number of rotatable bonds is 6. The second-order valence-electron chi connectivity index (χ2n) is 8.31. The number of methoxy groups -OCH3 is 1. The molecule has 0 atom stereocenters. The maximum Gasteiger partial charge on any atom is 0.272 e. The van der Waals surface area contributed by atoms with Gasteiger partial charge in [-0.3, -0.25) is 9.48 Å². The maximum absolute atomic E-state index is 13.2. The summed E-state index contributed by atoms with van der Waals surface area (Å²) < 4.78 is 6.88. The first kappa shape index (κ1) is 21.8. The number of amides is 1. The smallest absolute Gasteiger partial charge is 0.272 e. The number of benzene rings is 1. The van der Waals surface area contributed by atoms with Crippen LogP contribution >= 0.6 is 0 Å². The van der Waals surface area contributed by atoms with Crippen LogP contribution in [-0.2, 0) is 13.6 Å². The molecule has 32 heavy (non-hydrogen) atoms. The summed E-state index contributed by atoms with van der Waals surface area (Å²) in [6, 6.07) is 13.7. The van der Waals surface area contributed by atoms with Gasteiger partial charge in [0.25, 0.3) is 5.91 Å². The summed E-state index contributed by atoms with van der Waals surface area (Å²) in [5.41, 5.74) is 3.51. The van der Waals surface area contributed by atoms with Gasteiger partial charge < -0.3 is 19.4 Å². The lowest BCUT2D eigenvalue weighted by Gasteiger charge is -2.35. The Labute approximate surface area is 189 Å². The predicted molar refractivity (Wildman–Crippen MR) is 125 cm³/mol. The average Bonchev–Trinajstić information content (AvgIpc) is 3.20. The second kappa shape index (κ2) is 9.40. The molecule has 0 radical (unpaired) electrons. The molecule has 1 aliphatic heterocycles. The molecule has 0 aliphatic carbocycles. The standard InChI is InChI=1S/C24H30N6O2/c1-27(2)17-18-5-10-23(25-16-18)29-11-13-30(14-12-29)24(31)22-15-21(26-28(22)3)19-6-8-20(32-4)9-7-19/h5-10,15-16H,11-14,17H2,1-4H3. The number of nitrogens with zero attached hydrogens (tertiary/aromatic N) is 6. The Hall–Kier alpha value is -3.39. The van der Waals surface area contributed by atoms with Gasteiger partial charge in [0.15, 0.2) is 0 Å². The molecule has 1 aromatic carbocycles. The van der Waals surface area contributed by atoms with E-state index in [4.69, 9.17) is 4.74 Å². The molecule has 1 aliphatic rings. The van der Waals surface area contributed by atoms with E-state index in [1.165, 1.54) is 5.56 Å². The fourth-order valence-corrected chi connectivity index (χ4v) is 3.93. The highest BCUT2D eigenvalue weighted by molar-refractivity contribution is 5.94. The summed E-state index contributed by atoms with van der Waals surface area (Å²) in [5.74, 6) is 1.76. The lowest BCUT2D eigenvalue weighted by Crippen LogP contribution is -2.49. The van der Waals surface area contributed by atoms with E-state index in [1.807, 2.05) is 62.6 Å². The molecule has 8 heteroatoms. The van der Waals surface area contributed by atoms with Gasteiger partial charge in [-0.1, -0.05) is 6.07 Å². The minimum atomic E-state index is 0.00806. The highest BCUT2D eigenvalue weighted by Crippen LogP contribution is 2.23. The van der Waals surface area contributed by atoms with E-state index in [-0.39, 0.29) is 5.91 Å². The number of ether oxygens (including phenoxy) is 1. The van der Waals surface area contributed by atoms with Crippen LogP contribution in [0.2, 0.25) is 0 Å². The van der Waals surface area contributed by atoms with E-state index < -0.39 is 0 Å². The maximum atomic E-state index is 13.2. The SMILES string of the molecule is COc1ccc(-c2cc(C(=O)N3CCN(c4ccc(CN(C)C)cn4)CC3)n(C)n2)cc1. The topological polar surface area (TPSA) is 66.7 Å². The molecule has 168 valence electrons. The number of anilines is 1. The van der Waals surface area contributed by atoms with E-state index in [9.17, 15) is 4.79 Å². The molecule has 8 nitrogen and oxygen atoms in total. The van der Waals surface area contributed by atoms with Gasteiger partial charge in [0.2, 0.25) is 0 Å². The van der Waals surface area contributed by atoms with Gasteiger partial charge in [0, 0.05) is 51.5 Å². The molecule has 2 aromatic heterocycles. The van der Waals surface area contributed by atoms with Crippen molar-refractivity contribution in [3.05, 3.63) is 59.9 Å². The molecule has 0 bridgehead atoms. The highest BCUT2D eigenvalue weighted by Gasteiger charge is 2.25. The molecule has 3 aromatic rings. The van der Waals surface area contributed by atoms with Crippen LogP contribution in [0.1, 0.15) is 16.1 Å². The Bertz CT molecular complexity index is 1050. The van der Waals surface area contributed by atoms with Crippen molar-refractivity contribution in [2.45, 2.75) is 6.54 Å². The Morgan fingerprint density at radius 1 is 1.06 bits per heavy atom.